The van der Waals surface area contributed by atoms with E-state index in [4.69, 9.17) is 19.9 Å². The van der Waals surface area contributed by atoms with Crippen molar-refractivity contribution in [2.75, 3.05) is 32.2 Å². The number of thioether (sulfide) groups is 1. The van der Waals surface area contributed by atoms with Gasteiger partial charge in [0, 0.05) is 35.1 Å². The van der Waals surface area contributed by atoms with Crippen molar-refractivity contribution in [3.8, 4) is 11.5 Å². The molecule has 3 rings (SSSR count). The highest BCUT2D eigenvalue weighted by atomic mass is 32.2. The number of benzene rings is 1. The van der Waals surface area contributed by atoms with Crippen molar-refractivity contribution in [3.05, 3.63) is 12.1 Å². The number of rotatable bonds is 2. The molecule has 0 unspecified atom stereocenters. The fraction of sp³-hybridized carbons (Fsp3) is 0.538. The predicted molar refractivity (Wildman–Crippen MR) is 71.5 cm³/mol. The number of nitrogens with two attached hydrogens (primary N) is 1. The summed E-state index contributed by atoms with van der Waals surface area (Å²) >= 11 is 1.82. The molecule has 4 nitrogen and oxygen atoms in total. The molecule has 0 amide bonds. The molecule has 0 atom stereocenters. The Morgan fingerprint density at radius 1 is 1.00 bits per heavy atom. The molecule has 0 aliphatic carbocycles. The van der Waals surface area contributed by atoms with Crippen LogP contribution in [0.2, 0.25) is 0 Å². The zero-order valence-corrected chi connectivity index (χ0v) is 11.0. The third-order valence-corrected chi connectivity index (χ3v) is 4.55. The average molecular weight is 267 g/mol. The normalized spacial score (nSPS) is 19.8. The lowest BCUT2D eigenvalue weighted by Gasteiger charge is -2.24. The van der Waals surface area contributed by atoms with Gasteiger partial charge in [0.2, 0.25) is 0 Å². The highest BCUT2D eigenvalue weighted by Crippen LogP contribution is 2.41. The highest BCUT2D eigenvalue weighted by Gasteiger charge is 2.19. The molecule has 2 heterocycles. The Hall–Kier alpha value is -1.07. The standard InChI is InChI=1S/C13H17NO3S/c14-10-7-11-12(17-6-5-16-11)8-13(10)18-9-1-3-15-4-2-9/h7-9H,1-6,14H2. The van der Waals surface area contributed by atoms with Gasteiger partial charge in [-0.15, -0.1) is 11.8 Å². The number of fused-ring (bicyclic) bond motifs is 1. The van der Waals surface area contributed by atoms with E-state index in [-0.39, 0.29) is 0 Å². The topological polar surface area (TPSA) is 53.7 Å². The summed E-state index contributed by atoms with van der Waals surface area (Å²) in [5, 5.41) is 0.587. The minimum Gasteiger partial charge on any atom is -0.486 e. The first-order chi connectivity index (χ1) is 8.83. The average Bonchev–Trinajstić information content (AvgIpc) is 2.41. The van der Waals surface area contributed by atoms with Crippen LogP contribution in [0, 0.1) is 0 Å². The van der Waals surface area contributed by atoms with Crippen molar-refractivity contribution >= 4 is 17.4 Å². The van der Waals surface area contributed by atoms with Gasteiger partial charge in [-0.2, -0.15) is 0 Å². The second-order valence-corrected chi connectivity index (χ2v) is 5.81. The third-order valence-electron chi connectivity index (χ3n) is 3.14. The van der Waals surface area contributed by atoms with Crippen LogP contribution in [-0.4, -0.2) is 31.7 Å². The van der Waals surface area contributed by atoms with Crippen LogP contribution in [0.3, 0.4) is 0 Å². The second kappa shape index (κ2) is 5.28. The van der Waals surface area contributed by atoms with Gasteiger partial charge in [-0.25, -0.2) is 0 Å². The molecule has 98 valence electrons. The van der Waals surface area contributed by atoms with E-state index >= 15 is 0 Å². The van der Waals surface area contributed by atoms with E-state index < -0.39 is 0 Å². The van der Waals surface area contributed by atoms with Gasteiger partial charge in [0.05, 0.1) is 0 Å². The molecule has 1 aromatic rings. The molecule has 0 spiro atoms. The van der Waals surface area contributed by atoms with Gasteiger partial charge in [0.1, 0.15) is 13.2 Å². The lowest BCUT2D eigenvalue weighted by molar-refractivity contribution is 0.100. The van der Waals surface area contributed by atoms with Crippen LogP contribution in [-0.2, 0) is 4.74 Å². The van der Waals surface area contributed by atoms with E-state index in [0.717, 1.165) is 48.1 Å². The highest BCUT2D eigenvalue weighted by molar-refractivity contribution is 8.00. The molecule has 2 aliphatic rings. The van der Waals surface area contributed by atoms with Crippen LogP contribution < -0.4 is 15.2 Å². The zero-order valence-electron chi connectivity index (χ0n) is 10.2. The maximum atomic E-state index is 6.07. The Balaban J connectivity index is 1.78. The first-order valence-corrected chi connectivity index (χ1v) is 7.14. The minimum absolute atomic E-state index is 0.587. The molecular weight excluding hydrogens is 250 g/mol. The van der Waals surface area contributed by atoms with Gasteiger partial charge in [0.25, 0.3) is 0 Å². The van der Waals surface area contributed by atoms with Crippen molar-refractivity contribution < 1.29 is 14.2 Å². The van der Waals surface area contributed by atoms with E-state index in [9.17, 15) is 0 Å². The summed E-state index contributed by atoms with van der Waals surface area (Å²) in [7, 11) is 0. The first kappa shape index (κ1) is 12.0. The number of nitrogen functional groups attached to an aromatic ring is 1. The lowest BCUT2D eigenvalue weighted by atomic mass is 10.2. The first-order valence-electron chi connectivity index (χ1n) is 6.26. The molecule has 0 bridgehead atoms. The maximum Gasteiger partial charge on any atom is 0.163 e. The van der Waals surface area contributed by atoms with Crippen LogP contribution in [0.15, 0.2) is 17.0 Å². The fourth-order valence-corrected chi connectivity index (χ4v) is 3.32. The van der Waals surface area contributed by atoms with Gasteiger partial charge < -0.3 is 19.9 Å². The van der Waals surface area contributed by atoms with Crippen LogP contribution >= 0.6 is 11.8 Å². The van der Waals surface area contributed by atoms with Crippen molar-refractivity contribution in [1.82, 2.24) is 0 Å². The summed E-state index contributed by atoms with van der Waals surface area (Å²) in [4.78, 5) is 1.09. The smallest absolute Gasteiger partial charge is 0.163 e. The van der Waals surface area contributed by atoms with Crippen LogP contribution in [0.25, 0.3) is 0 Å². The van der Waals surface area contributed by atoms with Gasteiger partial charge in [-0.1, -0.05) is 0 Å². The zero-order chi connectivity index (χ0) is 12.4. The van der Waals surface area contributed by atoms with Gasteiger partial charge in [0.15, 0.2) is 11.5 Å². The second-order valence-electron chi connectivity index (χ2n) is 4.46. The molecule has 0 radical (unpaired) electrons. The Morgan fingerprint density at radius 2 is 1.67 bits per heavy atom. The Morgan fingerprint density at radius 3 is 2.39 bits per heavy atom. The molecule has 1 saturated heterocycles. The molecule has 0 saturated carbocycles. The van der Waals surface area contributed by atoms with Gasteiger partial charge in [-0.05, 0) is 18.9 Å². The van der Waals surface area contributed by atoms with E-state index in [2.05, 4.69) is 0 Å². The Bertz CT molecular complexity index is 432. The number of hydrogen-bond donors (Lipinski definition) is 1. The monoisotopic (exact) mass is 267 g/mol. The van der Waals surface area contributed by atoms with Gasteiger partial charge in [-0.3, -0.25) is 0 Å². The quantitative estimate of drug-likeness (QED) is 0.833. The molecule has 1 aromatic carbocycles. The third kappa shape index (κ3) is 2.52. The van der Waals surface area contributed by atoms with Crippen molar-refractivity contribution in [2.45, 2.75) is 23.0 Å². The summed E-state index contributed by atoms with van der Waals surface area (Å²) in [6.07, 6.45) is 2.16. The number of anilines is 1. The number of ether oxygens (including phenoxy) is 3. The Labute approximate surface area is 111 Å². The van der Waals surface area contributed by atoms with Crippen LogP contribution in [0.4, 0.5) is 5.69 Å². The molecule has 1 fully saturated rings. The van der Waals surface area contributed by atoms with Crippen molar-refractivity contribution in [3.63, 3.8) is 0 Å². The largest absolute Gasteiger partial charge is 0.486 e. The summed E-state index contributed by atoms with van der Waals surface area (Å²) in [6.45, 7) is 2.90. The molecule has 2 N–H and O–H groups in total. The van der Waals surface area contributed by atoms with E-state index in [1.54, 1.807) is 0 Å². The van der Waals surface area contributed by atoms with Gasteiger partial charge >= 0.3 is 0 Å². The number of hydrogen-bond acceptors (Lipinski definition) is 5. The molecule has 18 heavy (non-hydrogen) atoms. The van der Waals surface area contributed by atoms with Crippen molar-refractivity contribution in [1.29, 1.82) is 0 Å². The predicted octanol–water partition coefficient (Wildman–Crippen LogP) is 2.31. The minimum atomic E-state index is 0.587. The summed E-state index contributed by atoms with van der Waals surface area (Å²) in [5.41, 5.74) is 6.85. The van der Waals surface area contributed by atoms with E-state index in [1.807, 2.05) is 23.9 Å². The molecular formula is C13H17NO3S. The lowest BCUT2D eigenvalue weighted by Crippen LogP contribution is -2.18. The van der Waals surface area contributed by atoms with Crippen molar-refractivity contribution in [2.24, 2.45) is 0 Å². The summed E-state index contributed by atoms with van der Waals surface area (Å²) < 4.78 is 16.5. The fourth-order valence-electron chi connectivity index (χ4n) is 2.16. The van der Waals surface area contributed by atoms with E-state index in [1.165, 1.54) is 0 Å². The maximum absolute atomic E-state index is 6.07. The molecule has 2 aliphatic heterocycles. The summed E-state index contributed by atoms with van der Waals surface area (Å²) in [5.74, 6) is 1.57. The molecule has 5 heteroatoms. The van der Waals surface area contributed by atoms with E-state index in [0.29, 0.717) is 18.5 Å². The SMILES string of the molecule is Nc1cc2c(cc1SC1CCOCC1)OCCO2. The van der Waals surface area contributed by atoms with Crippen LogP contribution in [0.5, 0.6) is 11.5 Å². The molecule has 0 aromatic heterocycles. The summed E-state index contributed by atoms with van der Waals surface area (Å²) in [6, 6.07) is 3.88. The Kier molecular flexibility index (Phi) is 3.52. The van der Waals surface area contributed by atoms with Crippen LogP contribution in [0.1, 0.15) is 12.8 Å².